The van der Waals surface area contributed by atoms with Crippen molar-refractivity contribution in [1.29, 1.82) is 0 Å². The van der Waals surface area contributed by atoms with Gasteiger partial charge in [-0.1, -0.05) is 18.2 Å². The van der Waals surface area contributed by atoms with Crippen LogP contribution in [0, 0.1) is 6.92 Å². The van der Waals surface area contributed by atoms with Crippen molar-refractivity contribution in [3.05, 3.63) is 72.6 Å². The van der Waals surface area contributed by atoms with E-state index in [-0.39, 0.29) is 22.1 Å². The zero-order valence-electron chi connectivity index (χ0n) is 24.8. The van der Waals surface area contributed by atoms with Gasteiger partial charge in [-0.05, 0) is 42.8 Å². The Balaban J connectivity index is 1.95. The van der Waals surface area contributed by atoms with Gasteiger partial charge >= 0.3 is 0 Å². The van der Waals surface area contributed by atoms with E-state index in [1.807, 2.05) is 0 Å². The monoisotopic (exact) mass is 486 g/mol. The summed E-state index contributed by atoms with van der Waals surface area (Å²) in [5.41, 5.74) is 0.311. The van der Waals surface area contributed by atoms with Crippen LogP contribution in [0.1, 0.15) is 15.2 Å². The third kappa shape index (κ3) is 4.89. The van der Waals surface area contributed by atoms with Crippen molar-refractivity contribution >= 4 is 15.8 Å². The molecule has 3 aromatic heterocycles. The summed E-state index contributed by atoms with van der Waals surface area (Å²) in [6.45, 7) is 1.72. The van der Waals surface area contributed by atoms with Crippen LogP contribution in [0.2, 0.25) is 0 Å². The normalized spacial score (nSPS) is 14.4. The summed E-state index contributed by atoms with van der Waals surface area (Å²) in [4.78, 5) is 15.7. The van der Waals surface area contributed by atoms with Gasteiger partial charge in [-0.15, -0.1) is 0 Å². The first kappa shape index (κ1) is 15.6. The first-order valence-corrected chi connectivity index (χ1v) is 11.0. The molecule has 0 saturated heterocycles. The van der Waals surface area contributed by atoms with E-state index in [0.29, 0.717) is 5.56 Å². The Morgan fingerprint density at radius 3 is 2.47 bits per heavy atom. The van der Waals surface area contributed by atoms with Gasteiger partial charge in [0, 0.05) is 24.1 Å². The van der Waals surface area contributed by atoms with E-state index in [2.05, 4.69) is 24.7 Å². The van der Waals surface area contributed by atoms with Gasteiger partial charge < -0.3 is 14.2 Å². The topological polar surface area (TPSA) is 125 Å². The summed E-state index contributed by atoms with van der Waals surface area (Å²) in [6.07, 6.45) is 0.0676. The molecule has 1 N–H and O–H groups in total. The van der Waals surface area contributed by atoms with E-state index in [0.717, 1.165) is 0 Å². The zero-order valence-corrected chi connectivity index (χ0v) is 18.6. The maximum Gasteiger partial charge on any atom is 0.280 e. The van der Waals surface area contributed by atoms with E-state index < -0.39 is 64.8 Å². The lowest BCUT2D eigenvalue weighted by molar-refractivity contribution is 0.348. The van der Waals surface area contributed by atoms with Crippen molar-refractivity contribution < 1.29 is 32.2 Å². The summed E-state index contributed by atoms with van der Waals surface area (Å²) in [6, 6.07) is 7.24. The van der Waals surface area contributed by atoms with Crippen molar-refractivity contribution in [2.75, 3.05) is 18.9 Å². The molecule has 0 aliphatic heterocycles. The fourth-order valence-electron chi connectivity index (χ4n) is 2.70. The van der Waals surface area contributed by atoms with Gasteiger partial charge in [0.05, 0.1) is 23.7 Å². The average Bonchev–Trinajstić information content (AvgIpc) is 2.89. The summed E-state index contributed by atoms with van der Waals surface area (Å²) in [7, 11) is -6.10. The van der Waals surface area contributed by atoms with Gasteiger partial charge in [-0.2, -0.15) is 13.4 Å². The molecule has 4 rings (SSSR count). The van der Waals surface area contributed by atoms with Gasteiger partial charge in [0.1, 0.15) is 0 Å². The van der Waals surface area contributed by atoms with Crippen LogP contribution in [-0.2, 0) is 10.0 Å². The maximum atomic E-state index is 13.3. The lowest BCUT2D eigenvalue weighted by atomic mass is 10.2. The lowest BCUT2D eigenvalue weighted by Crippen LogP contribution is -2.17. The van der Waals surface area contributed by atoms with Crippen LogP contribution >= 0.6 is 0 Å². The number of rotatable bonds is 8. The number of methoxy groups -OCH3 is 2. The van der Waals surface area contributed by atoms with Crippen LogP contribution in [0.15, 0.2) is 72.1 Å². The zero-order chi connectivity index (χ0) is 30.1. The number of pyridine rings is 2. The number of aryl methyl sites for hydroxylation is 1. The van der Waals surface area contributed by atoms with Crippen LogP contribution in [-0.4, -0.2) is 42.5 Å². The molecule has 0 aliphatic rings. The molecule has 4 aromatic rings. The molecule has 10 nitrogen and oxygen atoms in total. The molecular formula is C23H21N5O5S. The number of anilines is 1. The van der Waals surface area contributed by atoms with Crippen LogP contribution in [0.4, 0.5) is 5.82 Å². The molecule has 0 aliphatic carbocycles. The van der Waals surface area contributed by atoms with E-state index >= 15 is 0 Å². The number of hydrogen-bond acceptors (Lipinski definition) is 9. The number of nitrogens with one attached hydrogen (secondary N) is 1. The Bertz CT molecular complexity index is 1700. The molecule has 0 atom stereocenters. The predicted octanol–water partition coefficient (Wildman–Crippen LogP) is 3.85. The van der Waals surface area contributed by atoms with Crippen molar-refractivity contribution in [3.8, 4) is 34.5 Å². The first-order valence-electron chi connectivity index (χ1n) is 13.0. The van der Waals surface area contributed by atoms with Crippen LogP contribution in [0.5, 0.6) is 23.1 Å². The molecule has 174 valence electrons. The second-order valence-corrected chi connectivity index (χ2v) is 8.25. The molecule has 1 aromatic carbocycles. The third-order valence-corrected chi connectivity index (χ3v) is 5.54. The van der Waals surface area contributed by atoms with Gasteiger partial charge in [-0.25, -0.2) is 9.97 Å². The highest BCUT2D eigenvalue weighted by molar-refractivity contribution is 7.92. The summed E-state index contributed by atoms with van der Waals surface area (Å²) < 4.78 is 99.5. The molecule has 11 heteroatoms. The minimum absolute atomic E-state index is 0.166. The van der Waals surface area contributed by atoms with E-state index in [1.165, 1.54) is 49.7 Å². The highest BCUT2D eigenvalue weighted by atomic mass is 32.2. The van der Waals surface area contributed by atoms with Gasteiger partial charge in [0.2, 0.25) is 5.75 Å². The third-order valence-electron chi connectivity index (χ3n) is 4.29. The second kappa shape index (κ2) is 9.71. The molecule has 0 fully saturated rings. The second-order valence-electron chi connectivity index (χ2n) is 6.62. The van der Waals surface area contributed by atoms with Crippen LogP contribution in [0.25, 0.3) is 11.4 Å². The highest BCUT2D eigenvalue weighted by Crippen LogP contribution is 2.41. The average molecular weight is 487 g/mol. The standard InChI is InChI=1S/C23H21N5O5S/c1-15-8-9-19(25-14-15)34(29,30)28-22-20(33-18-7-5-4-6-17(18)31-2)23(32-3)27-21(26-22)16-10-12-24-13-11-16/h4-14H,1-3H3,(H,26,27,28)/i2D3,10D,11D,12D,13D. The smallest absolute Gasteiger partial charge is 0.280 e. The number of ether oxygens (including phenoxy) is 3. The quantitative estimate of drug-likeness (QED) is 0.395. The van der Waals surface area contributed by atoms with Gasteiger partial charge in [0.15, 0.2) is 28.2 Å². The number of benzene rings is 1. The Morgan fingerprint density at radius 1 is 1.03 bits per heavy atom. The number of hydrogen-bond donors (Lipinski definition) is 1. The molecule has 0 saturated carbocycles. The Labute approximate surface area is 206 Å². The number of aromatic nitrogens is 4. The Hall–Kier alpha value is -4.25. The SMILES string of the molecule is [2H]c1nc([2H])c([2H])c(-c2nc(NS(=O)(=O)c3ccc(C)cn3)c(Oc3ccccc3OC([2H])([2H])[2H])c(OC)n2)c1[2H]. The summed E-state index contributed by atoms with van der Waals surface area (Å²) in [5, 5.41) is -0.382. The maximum absolute atomic E-state index is 13.3. The first-order chi connectivity index (χ1) is 19.2. The van der Waals surface area contributed by atoms with Gasteiger partial charge in [0.25, 0.3) is 15.9 Å². The van der Waals surface area contributed by atoms with E-state index in [4.69, 9.17) is 23.8 Å². The lowest BCUT2D eigenvalue weighted by Gasteiger charge is -2.17. The van der Waals surface area contributed by atoms with Crippen molar-refractivity contribution in [1.82, 2.24) is 19.9 Å². The number of sulfonamides is 1. The summed E-state index contributed by atoms with van der Waals surface area (Å²) in [5.74, 6) is -2.22. The fourth-order valence-corrected chi connectivity index (χ4v) is 3.64. The Kier molecular flexibility index (Phi) is 4.44. The van der Waals surface area contributed by atoms with Crippen molar-refractivity contribution in [3.63, 3.8) is 0 Å². The number of para-hydroxylation sites is 2. The minimum Gasteiger partial charge on any atom is -0.493 e. The van der Waals surface area contributed by atoms with E-state index in [1.54, 1.807) is 6.92 Å². The van der Waals surface area contributed by atoms with Crippen molar-refractivity contribution in [2.45, 2.75) is 11.9 Å². The molecule has 3 heterocycles. The predicted molar refractivity (Wildman–Crippen MR) is 125 cm³/mol. The molecule has 0 bridgehead atoms. The molecule has 34 heavy (non-hydrogen) atoms. The minimum atomic E-state index is -4.43. The fraction of sp³-hybridized carbons (Fsp3) is 0.130. The summed E-state index contributed by atoms with van der Waals surface area (Å²) >= 11 is 0. The highest BCUT2D eigenvalue weighted by Gasteiger charge is 2.25. The van der Waals surface area contributed by atoms with Gasteiger partial charge in [-0.3, -0.25) is 9.71 Å². The number of nitrogens with zero attached hydrogens (tertiary/aromatic N) is 4. The molecule has 0 amide bonds. The van der Waals surface area contributed by atoms with Crippen LogP contribution in [0.3, 0.4) is 0 Å². The molecular weight excluding hydrogens is 458 g/mol. The van der Waals surface area contributed by atoms with E-state index in [9.17, 15) is 8.42 Å². The Morgan fingerprint density at radius 2 is 1.79 bits per heavy atom. The molecule has 0 spiro atoms. The molecule has 0 radical (unpaired) electrons. The largest absolute Gasteiger partial charge is 0.493 e. The van der Waals surface area contributed by atoms with Crippen LogP contribution < -0.4 is 18.9 Å². The molecule has 0 unspecified atom stereocenters. The van der Waals surface area contributed by atoms with Crippen molar-refractivity contribution in [2.24, 2.45) is 0 Å².